The third kappa shape index (κ3) is 6.45. The number of carbonyl (C=O) groups is 1. The molecule has 0 aliphatic heterocycles. The summed E-state index contributed by atoms with van der Waals surface area (Å²) in [5.74, 6) is -0.0784. The van der Waals surface area contributed by atoms with Gasteiger partial charge in [0.1, 0.15) is 12.9 Å². The highest BCUT2D eigenvalue weighted by molar-refractivity contribution is 5.82. The SMILES string of the molecule is C=C[C@H](OCOCCOC)C(C)=O. The number of ether oxygens (including phenoxy) is 3. The molecule has 0 aliphatic carbocycles. The Labute approximate surface area is 78.5 Å². The second-order valence-corrected chi connectivity index (χ2v) is 2.45. The third-order valence-electron chi connectivity index (χ3n) is 1.38. The van der Waals surface area contributed by atoms with E-state index in [4.69, 9.17) is 14.2 Å². The number of Topliss-reactive ketones (excluding diaryl/α,β-unsaturated/α-hetero) is 1. The minimum atomic E-state index is -0.567. The van der Waals surface area contributed by atoms with Crippen molar-refractivity contribution in [1.29, 1.82) is 0 Å². The van der Waals surface area contributed by atoms with Crippen LogP contribution in [0.3, 0.4) is 0 Å². The fraction of sp³-hybridized carbons (Fsp3) is 0.667. The highest BCUT2D eigenvalue weighted by Crippen LogP contribution is 1.95. The summed E-state index contributed by atoms with van der Waals surface area (Å²) in [4.78, 5) is 10.8. The first kappa shape index (κ1) is 12.3. The van der Waals surface area contributed by atoms with Crippen LogP contribution in [-0.4, -0.2) is 39.0 Å². The summed E-state index contributed by atoms with van der Waals surface area (Å²) in [7, 11) is 1.59. The van der Waals surface area contributed by atoms with Crippen LogP contribution >= 0.6 is 0 Å². The number of hydrogen-bond donors (Lipinski definition) is 0. The highest BCUT2D eigenvalue weighted by atomic mass is 16.7. The second-order valence-electron chi connectivity index (χ2n) is 2.45. The van der Waals surface area contributed by atoms with Crippen LogP contribution in [0.1, 0.15) is 6.92 Å². The number of ketones is 1. The molecule has 0 spiro atoms. The third-order valence-corrected chi connectivity index (χ3v) is 1.38. The van der Waals surface area contributed by atoms with Crippen LogP contribution in [-0.2, 0) is 19.0 Å². The van der Waals surface area contributed by atoms with Gasteiger partial charge in [0, 0.05) is 7.11 Å². The van der Waals surface area contributed by atoms with Crippen molar-refractivity contribution in [1.82, 2.24) is 0 Å². The Morgan fingerprint density at radius 3 is 2.69 bits per heavy atom. The molecule has 0 bridgehead atoms. The molecule has 0 aromatic rings. The Kier molecular flexibility index (Phi) is 7.48. The first-order valence-electron chi connectivity index (χ1n) is 4.03. The summed E-state index contributed by atoms with van der Waals surface area (Å²) >= 11 is 0. The lowest BCUT2D eigenvalue weighted by Gasteiger charge is -2.10. The van der Waals surface area contributed by atoms with Crippen LogP contribution in [0, 0.1) is 0 Å². The van der Waals surface area contributed by atoms with Gasteiger partial charge in [0.05, 0.1) is 13.2 Å². The lowest BCUT2D eigenvalue weighted by molar-refractivity contribution is -0.136. The Morgan fingerprint density at radius 2 is 2.23 bits per heavy atom. The number of hydrogen-bond acceptors (Lipinski definition) is 4. The first-order valence-corrected chi connectivity index (χ1v) is 4.03. The Morgan fingerprint density at radius 1 is 1.54 bits per heavy atom. The van der Waals surface area contributed by atoms with Crippen molar-refractivity contribution in [3.63, 3.8) is 0 Å². The zero-order valence-electron chi connectivity index (χ0n) is 8.12. The predicted octanol–water partition coefficient (Wildman–Crippen LogP) is 0.767. The van der Waals surface area contributed by atoms with Gasteiger partial charge < -0.3 is 14.2 Å². The average molecular weight is 188 g/mol. The molecule has 4 nitrogen and oxygen atoms in total. The Balaban J connectivity index is 3.39. The molecule has 0 aromatic heterocycles. The summed E-state index contributed by atoms with van der Waals surface area (Å²) in [5, 5.41) is 0. The molecule has 13 heavy (non-hydrogen) atoms. The van der Waals surface area contributed by atoms with Crippen molar-refractivity contribution in [3.8, 4) is 0 Å². The lowest BCUT2D eigenvalue weighted by atomic mass is 10.2. The van der Waals surface area contributed by atoms with E-state index in [0.29, 0.717) is 13.2 Å². The van der Waals surface area contributed by atoms with Gasteiger partial charge in [0.15, 0.2) is 5.78 Å². The van der Waals surface area contributed by atoms with Crippen LogP contribution in [0.5, 0.6) is 0 Å². The van der Waals surface area contributed by atoms with Crippen molar-refractivity contribution >= 4 is 5.78 Å². The zero-order valence-corrected chi connectivity index (χ0v) is 8.12. The van der Waals surface area contributed by atoms with Gasteiger partial charge >= 0.3 is 0 Å². The highest BCUT2D eigenvalue weighted by Gasteiger charge is 2.08. The van der Waals surface area contributed by atoms with Gasteiger partial charge in [-0.05, 0) is 6.92 Å². The molecule has 0 N–H and O–H groups in total. The van der Waals surface area contributed by atoms with E-state index >= 15 is 0 Å². The van der Waals surface area contributed by atoms with Gasteiger partial charge in [-0.2, -0.15) is 0 Å². The molecule has 0 heterocycles. The maximum Gasteiger partial charge on any atom is 0.162 e. The van der Waals surface area contributed by atoms with E-state index in [1.165, 1.54) is 13.0 Å². The van der Waals surface area contributed by atoms with Crippen LogP contribution in [0.4, 0.5) is 0 Å². The normalized spacial score (nSPS) is 12.5. The topological polar surface area (TPSA) is 44.8 Å². The minimum absolute atomic E-state index is 0.0784. The number of methoxy groups -OCH3 is 1. The molecule has 1 atom stereocenters. The minimum Gasteiger partial charge on any atom is -0.382 e. The molecule has 0 saturated carbocycles. The maximum absolute atomic E-state index is 10.8. The van der Waals surface area contributed by atoms with E-state index in [1.54, 1.807) is 7.11 Å². The number of carbonyl (C=O) groups excluding carboxylic acids is 1. The molecule has 0 saturated heterocycles. The smallest absolute Gasteiger partial charge is 0.162 e. The quantitative estimate of drug-likeness (QED) is 0.320. The van der Waals surface area contributed by atoms with Gasteiger partial charge in [-0.15, -0.1) is 6.58 Å². The van der Waals surface area contributed by atoms with Crippen molar-refractivity contribution in [2.45, 2.75) is 13.0 Å². The van der Waals surface area contributed by atoms with E-state index in [2.05, 4.69) is 6.58 Å². The summed E-state index contributed by atoms with van der Waals surface area (Å²) in [6, 6.07) is 0. The van der Waals surface area contributed by atoms with Crippen molar-refractivity contribution in [2.75, 3.05) is 27.1 Å². The summed E-state index contributed by atoms with van der Waals surface area (Å²) < 4.78 is 14.8. The van der Waals surface area contributed by atoms with Crippen LogP contribution in [0.15, 0.2) is 12.7 Å². The molecule has 0 fully saturated rings. The fourth-order valence-electron chi connectivity index (χ4n) is 0.674. The molecule has 0 aliphatic rings. The molecule has 0 rings (SSSR count). The van der Waals surface area contributed by atoms with Crippen molar-refractivity contribution in [3.05, 3.63) is 12.7 Å². The largest absolute Gasteiger partial charge is 0.382 e. The van der Waals surface area contributed by atoms with Gasteiger partial charge in [-0.25, -0.2) is 0 Å². The van der Waals surface area contributed by atoms with E-state index in [-0.39, 0.29) is 12.6 Å². The fourth-order valence-corrected chi connectivity index (χ4v) is 0.674. The molecular formula is C9H16O4. The van der Waals surface area contributed by atoms with Crippen molar-refractivity contribution in [2.24, 2.45) is 0 Å². The standard InChI is InChI=1S/C9H16O4/c1-4-9(8(2)10)13-7-12-6-5-11-3/h4,9H,1,5-7H2,2-3H3/t9-/m0/s1. The maximum atomic E-state index is 10.8. The molecular weight excluding hydrogens is 172 g/mol. The summed E-state index contributed by atoms with van der Waals surface area (Å²) in [5.41, 5.74) is 0. The Hall–Kier alpha value is -0.710. The van der Waals surface area contributed by atoms with E-state index < -0.39 is 6.10 Å². The molecule has 0 amide bonds. The molecule has 0 aromatic carbocycles. The van der Waals surface area contributed by atoms with Gasteiger partial charge in [0.25, 0.3) is 0 Å². The molecule has 0 unspecified atom stereocenters. The molecule has 76 valence electrons. The van der Waals surface area contributed by atoms with E-state index in [0.717, 1.165) is 0 Å². The second kappa shape index (κ2) is 7.91. The molecule has 4 heteroatoms. The van der Waals surface area contributed by atoms with E-state index in [1.807, 2.05) is 0 Å². The van der Waals surface area contributed by atoms with Crippen LogP contribution in [0.2, 0.25) is 0 Å². The van der Waals surface area contributed by atoms with Crippen molar-refractivity contribution < 1.29 is 19.0 Å². The summed E-state index contributed by atoms with van der Waals surface area (Å²) in [6.07, 6.45) is 0.879. The monoisotopic (exact) mass is 188 g/mol. The Bertz CT molecular complexity index is 156. The summed E-state index contributed by atoms with van der Waals surface area (Å²) in [6.45, 7) is 5.97. The van der Waals surface area contributed by atoms with E-state index in [9.17, 15) is 4.79 Å². The lowest BCUT2D eigenvalue weighted by Crippen LogP contribution is -2.21. The van der Waals surface area contributed by atoms with Gasteiger partial charge in [-0.1, -0.05) is 6.08 Å². The zero-order chi connectivity index (χ0) is 10.1. The van der Waals surface area contributed by atoms with Crippen LogP contribution in [0.25, 0.3) is 0 Å². The molecule has 0 radical (unpaired) electrons. The van der Waals surface area contributed by atoms with Crippen LogP contribution < -0.4 is 0 Å². The average Bonchev–Trinajstić information content (AvgIpc) is 2.10. The number of rotatable bonds is 8. The van der Waals surface area contributed by atoms with Gasteiger partial charge in [-0.3, -0.25) is 4.79 Å². The van der Waals surface area contributed by atoms with Gasteiger partial charge in [0.2, 0.25) is 0 Å². The first-order chi connectivity index (χ1) is 6.22. The predicted molar refractivity (Wildman–Crippen MR) is 48.4 cm³/mol.